The number of nitrogens with one attached hydrogen (secondary N) is 1. The van der Waals surface area contributed by atoms with Gasteiger partial charge in [-0.05, 0) is 67.9 Å². The molecule has 0 aromatic heterocycles. The highest BCUT2D eigenvalue weighted by Crippen LogP contribution is 2.61. The molecule has 4 bridgehead atoms. The van der Waals surface area contributed by atoms with E-state index in [1.54, 1.807) is 33.2 Å². The lowest BCUT2D eigenvalue weighted by atomic mass is 9.83. The van der Waals surface area contributed by atoms with E-state index in [-0.39, 0.29) is 53.2 Å². The summed E-state index contributed by atoms with van der Waals surface area (Å²) in [7, 11) is 6.13. The first kappa shape index (κ1) is 41.5. The number of likely N-dealkylation sites (N-methyl/N-ethyl adjacent to an activating group) is 1. The Hall–Kier alpha value is -3.26. The summed E-state index contributed by atoms with van der Waals surface area (Å²) in [5.74, 6) is -1.28. The summed E-state index contributed by atoms with van der Waals surface area (Å²) in [6.07, 6.45) is 3.69. The number of amides is 3. The zero-order chi connectivity index (χ0) is 38.7. The van der Waals surface area contributed by atoms with Crippen molar-refractivity contribution in [1.82, 2.24) is 10.2 Å². The number of hydrogen-bond acceptors (Lipinski definition) is 10. The molecule has 2 fully saturated rings. The number of hydrogen-bond donors (Lipinski definition) is 3. The van der Waals surface area contributed by atoms with Gasteiger partial charge in [-0.2, -0.15) is 12.6 Å². The number of carbonyl (C=O) groups excluding carboxylic acids is 4. The van der Waals surface area contributed by atoms with Gasteiger partial charge < -0.3 is 33.9 Å². The Morgan fingerprint density at radius 2 is 1.92 bits per heavy atom. The second-order valence-corrected chi connectivity index (χ2v) is 16.1. The fraction of sp³-hybridized carbons (Fsp3) is 0.632. The number of alkyl carbamates (subject to hydrolysis) is 1. The highest BCUT2D eigenvalue weighted by Gasteiger charge is 2.62. The van der Waals surface area contributed by atoms with E-state index in [0.717, 1.165) is 11.1 Å². The van der Waals surface area contributed by atoms with Crippen LogP contribution in [0.25, 0.3) is 0 Å². The zero-order valence-corrected chi connectivity index (χ0v) is 33.3. The van der Waals surface area contributed by atoms with E-state index in [2.05, 4.69) is 17.9 Å². The van der Waals surface area contributed by atoms with Gasteiger partial charge in [0.1, 0.15) is 35.1 Å². The third kappa shape index (κ3) is 9.26. The molecule has 1 aromatic rings. The summed E-state index contributed by atoms with van der Waals surface area (Å²) in [6.45, 7) is 9.30. The molecule has 1 aliphatic carbocycles. The molecule has 1 aromatic carbocycles. The monoisotopic (exact) mass is 763 g/mol. The molecule has 3 amide bonds. The van der Waals surface area contributed by atoms with Crippen molar-refractivity contribution in [2.24, 2.45) is 17.3 Å². The lowest BCUT2D eigenvalue weighted by Gasteiger charge is -2.42. The van der Waals surface area contributed by atoms with Crippen LogP contribution in [0.5, 0.6) is 5.75 Å². The Labute approximate surface area is 317 Å². The van der Waals surface area contributed by atoms with Crippen LogP contribution in [0.15, 0.2) is 35.9 Å². The number of carbonyl (C=O) groups is 4. The van der Waals surface area contributed by atoms with Gasteiger partial charge in [-0.15, -0.1) is 0 Å². The molecule has 288 valence electrons. The molecule has 2 heterocycles. The second-order valence-electron chi connectivity index (χ2n) is 14.9. The van der Waals surface area contributed by atoms with Gasteiger partial charge in [-0.25, -0.2) is 9.59 Å². The fourth-order valence-electron chi connectivity index (χ4n) is 7.28. The Bertz CT molecular complexity index is 1590. The van der Waals surface area contributed by atoms with Gasteiger partial charge in [0.05, 0.1) is 19.2 Å². The van der Waals surface area contributed by atoms with E-state index in [0.29, 0.717) is 30.7 Å². The largest absolute Gasteiger partial charge is 0.495 e. The molecule has 2 N–H and O–H groups in total. The van der Waals surface area contributed by atoms with Crippen LogP contribution in [0.1, 0.15) is 72.3 Å². The van der Waals surface area contributed by atoms with Crippen molar-refractivity contribution in [1.29, 1.82) is 0 Å². The molecule has 1 saturated heterocycles. The Balaban J connectivity index is 1.75. The van der Waals surface area contributed by atoms with Crippen LogP contribution in [-0.2, 0) is 35.0 Å². The summed E-state index contributed by atoms with van der Waals surface area (Å²) in [4.78, 5) is 56.5. The van der Waals surface area contributed by atoms with Crippen LogP contribution in [0.3, 0.4) is 0 Å². The number of ether oxygens (including phenoxy) is 4. The van der Waals surface area contributed by atoms with E-state index in [9.17, 15) is 24.3 Å². The minimum atomic E-state index is -1.77. The van der Waals surface area contributed by atoms with Gasteiger partial charge in [0, 0.05) is 39.5 Å². The third-order valence-electron chi connectivity index (χ3n) is 11.0. The number of allylic oxidation sites excluding steroid dienone is 3. The third-order valence-corrected chi connectivity index (χ3v) is 11.6. The molecule has 0 radical (unpaired) electrons. The standard InChI is InChI=1S/C38H54ClN3O9S/c1-21-11-10-12-30(49-9)38(47)20-29(50-36(46)40-38)23(3)26-19-37(26,5)31(51-35(45)24(4)41(6)32(43)14-13-22(2)52)18-33(44)42(7)27-16-25(15-21)17-28(48-8)34(27)39/h10-12,16-17,22-24,26,29-31,47,52H,13-15,18-20H2,1-9H3,(H,40,46)/b12-10+,21-11+/t22?,23-,24-,26-,29-,30+,31-,37-,38-/m0/s1. The van der Waals surface area contributed by atoms with E-state index < -0.39 is 47.6 Å². The van der Waals surface area contributed by atoms with Gasteiger partial charge in [0.15, 0.2) is 5.72 Å². The van der Waals surface area contributed by atoms with Gasteiger partial charge in [-0.3, -0.25) is 14.9 Å². The quantitative estimate of drug-likeness (QED) is 0.232. The number of esters is 1. The van der Waals surface area contributed by atoms with Crippen molar-refractivity contribution in [2.75, 3.05) is 33.2 Å². The Morgan fingerprint density at radius 3 is 2.56 bits per heavy atom. The molecule has 4 rings (SSSR count). The van der Waals surface area contributed by atoms with Crippen molar-refractivity contribution < 1.29 is 43.2 Å². The molecule has 14 heteroatoms. The minimum Gasteiger partial charge on any atom is -0.495 e. The van der Waals surface area contributed by atoms with Crippen LogP contribution in [0.4, 0.5) is 10.5 Å². The molecule has 3 aliphatic rings. The molecule has 0 spiro atoms. The molecular weight excluding hydrogens is 710 g/mol. The SMILES string of the molecule is COc1cc2cc(c1Cl)N(C)C(=O)C[C@H](OC(=O)[C@H](C)N(C)C(=O)CCC(C)S)[C@@]1(C)C[C@H]1[C@H](C)[C@@H]1C[C@@](O)(NC(=O)O1)[C@H](OC)/C=C/C=C(\C)C2. The average molecular weight is 764 g/mol. The second kappa shape index (κ2) is 16.8. The lowest BCUT2D eigenvalue weighted by Crippen LogP contribution is -2.63. The van der Waals surface area contributed by atoms with Crippen LogP contribution in [0, 0.1) is 17.3 Å². The highest BCUT2D eigenvalue weighted by atomic mass is 35.5. The topological polar surface area (TPSA) is 144 Å². The summed E-state index contributed by atoms with van der Waals surface area (Å²) in [6, 6.07) is 2.72. The van der Waals surface area contributed by atoms with E-state index in [1.165, 1.54) is 24.0 Å². The zero-order valence-electron chi connectivity index (χ0n) is 31.6. The number of rotatable bonds is 8. The molecular formula is C38H54ClN3O9S. The number of fused-ring (bicyclic) bond motifs is 5. The van der Waals surface area contributed by atoms with Gasteiger partial charge in [0.25, 0.3) is 0 Å². The number of anilines is 1. The molecule has 1 unspecified atom stereocenters. The van der Waals surface area contributed by atoms with Crippen molar-refractivity contribution in [3.8, 4) is 5.75 Å². The number of thiol groups is 1. The summed E-state index contributed by atoms with van der Waals surface area (Å²) in [5.41, 5.74) is -0.268. The lowest BCUT2D eigenvalue weighted by molar-refractivity contribution is -0.163. The average Bonchev–Trinajstić information content (AvgIpc) is 3.79. The number of methoxy groups -OCH3 is 2. The van der Waals surface area contributed by atoms with Crippen molar-refractivity contribution in [2.45, 2.75) is 108 Å². The number of benzene rings is 1. The predicted molar refractivity (Wildman–Crippen MR) is 202 cm³/mol. The Morgan fingerprint density at radius 1 is 1.23 bits per heavy atom. The first-order chi connectivity index (χ1) is 24.3. The van der Waals surface area contributed by atoms with Crippen LogP contribution in [0.2, 0.25) is 5.02 Å². The van der Waals surface area contributed by atoms with Crippen LogP contribution < -0.4 is 15.0 Å². The molecule has 9 atom stereocenters. The number of halogens is 1. The van der Waals surface area contributed by atoms with Gasteiger partial charge in [0.2, 0.25) is 11.8 Å². The molecule has 1 saturated carbocycles. The van der Waals surface area contributed by atoms with Crippen molar-refractivity contribution in [3.05, 3.63) is 46.5 Å². The molecule has 2 aliphatic heterocycles. The summed E-state index contributed by atoms with van der Waals surface area (Å²) < 4.78 is 23.2. The smallest absolute Gasteiger partial charge is 0.409 e. The first-order valence-electron chi connectivity index (χ1n) is 17.7. The first-order valence-corrected chi connectivity index (χ1v) is 18.6. The van der Waals surface area contributed by atoms with Gasteiger partial charge in [-0.1, -0.05) is 56.2 Å². The summed E-state index contributed by atoms with van der Waals surface area (Å²) >= 11 is 11.1. The number of nitrogens with zero attached hydrogens (tertiary/aromatic N) is 2. The van der Waals surface area contributed by atoms with Crippen LogP contribution in [-0.4, -0.2) is 97.5 Å². The maximum absolute atomic E-state index is 14.2. The maximum Gasteiger partial charge on any atom is 0.409 e. The minimum absolute atomic E-state index is 0.0229. The van der Waals surface area contributed by atoms with Crippen molar-refractivity contribution in [3.63, 3.8) is 0 Å². The maximum atomic E-state index is 14.2. The van der Waals surface area contributed by atoms with Crippen molar-refractivity contribution >= 4 is 53.8 Å². The molecule has 12 nitrogen and oxygen atoms in total. The fourth-order valence-corrected chi connectivity index (χ4v) is 7.72. The van der Waals surface area contributed by atoms with E-state index in [4.69, 9.17) is 30.5 Å². The highest BCUT2D eigenvalue weighted by molar-refractivity contribution is 7.80. The Kier molecular flexibility index (Phi) is 13.4. The predicted octanol–water partition coefficient (Wildman–Crippen LogP) is 5.48. The molecule has 52 heavy (non-hydrogen) atoms. The normalized spacial score (nSPS) is 32.2. The number of aliphatic hydroxyl groups is 1. The summed E-state index contributed by atoms with van der Waals surface area (Å²) in [5, 5.41) is 14.6. The van der Waals surface area contributed by atoms with E-state index in [1.807, 2.05) is 45.9 Å². The van der Waals surface area contributed by atoms with E-state index >= 15 is 0 Å². The van der Waals surface area contributed by atoms with Crippen LogP contribution >= 0.6 is 24.2 Å². The van der Waals surface area contributed by atoms with Gasteiger partial charge >= 0.3 is 12.1 Å².